The molecule has 4 atom stereocenters. The SMILES string of the molecule is N#Cc1nc(NC2CCCC2)c2cnn([C@@H]3O[C@H](CS(=O)(=O)CP(=O)(O)O)[C@@H](O)[C@H]3O)c2n1. The number of aliphatic hydroxyl groups excluding tert-OH is 2. The standard InChI is InChI=1S/C17H23N6O8PS/c18-5-12-21-15(20-9-3-1-2-4-9)10-6-19-23(16(10)22-12)17-14(25)13(24)11(31-17)7-33(29,30)8-32(26,27)28/h6,9,11,13-14,17,24-25H,1-4,7-8H2,(H,20,21,22)(H2,26,27,28)/t11-,13-,14-,17-/m1/s1. The number of rotatable bonds is 7. The zero-order valence-corrected chi connectivity index (χ0v) is 18.9. The Morgan fingerprint density at radius 1 is 1.24 bits per heavy atom. The van der Waals surface area contributed by atoms with Crippen LogP contribution in [0.4, 0.5) is 5.82 Å². The molecule has 0 radical (unpaired) electrons. The molecule has 180 valence electrons. The molecule has 0 amide bonds. The predicted octanol–water partition coefficient (Wildman–Crippen LogP) is -0.778. The fourth-order valence-electron chi connectivity index (χ4n) is 4.16. The molecule has 0 aromatic carbocycles. The normalized spacial score (nSPS) is 26.6. The highest BCUT2D eigenvalue weighted by Crippen LogP contribution is 2.38. The number of hydrogen-bond acceptors (Lipinski definition) is 11. The average Bonchev–Trinajstić information content (AvgIpc) is 3.42. The van der Waals surface area contributed by atoms with E-state index < -0.39 is 53.2 Å². The second kappa shape index (κ2) is 8.88. The maximum atomic E-state index is 12.1. The molecule has 1 aliphatic heterocycles. The van der Waals surface area contributed by atoms with Crippen molar-refractivity contribution in [3.63, 3.8) is 0 Å². The van der Waals surface area contributed by atoms with Crippen LogP contribution < -0.4 is 5.32 Å². The minimum atomic E-state index is -4.86. The Kier molecular flexibility index (Phi) is 6.45. The molecule has 2 aliphatic rings. The Morgan fingerprint density at radius 3 is 2.58 bits per heavy atom. The zero-order valence-electron chi connectivity index (χ0n) is 17.2. The average molecular weight is 502 g/mol. The Hall–Kier alpha value is -2.18. The lowest BCUT2D eigenvalue weighted by molar-refractivity contribution is -0.0364. The van der Waals surface area contributed by atoms with Crippen molar-refractivity contribution in [2.24, 2.45) is 0 Å². The summed E-state index contributed by atoms with van der Waals surface area (Å²) in [4.78, 5) is 26.3. The number of nitrogens with zero attached hydrogens (tertiary/aromatic N) is 5. The van der Waals surface area contributed by atoms with E-state index in [2.05, 4.69) is 20.4 Å². The van der Waals surface area contributed by atoms with Crippen molar-refractivity contribution in [2.45, 2.75) is 56.3 Å². The molecule has 1 saturated heterocycles. The monoisotopic (exact) mass is 502 g/mol. The fourth-order valence-corrected chi connectivity index (χ4v) is 7.41. The number of hydrogen-bond donors (Lipinski definition) is 5. The Bertz CT molecular complexity index is 1230. The first kappa shape index (κ1) is 24.0. The van der Waals surface area contributed by atoms with Gasteiger partial charge in [-0.2, -0.15) is 15.3 Å². The number of aliphatic hydroxyl groups is 2. The highest BCUT2D eigenvalue weighted by molar-refractivity contribution is 7.97. The molecule has 1 saturated carbocycles. The van der Waals surface area contributed by atoms with Gasteiger partial charge in [-0.05, 0) is 12.8 Å². The maximum absolute atomic E-state index is 12.1. The summed E-state index contributed by atoms with van der Waals surface area (Å²) in [7, 11) is -9.17. The van der Waals surface area contributed by atoms with E-state index in [1.165, 1.54) is 6.20 Å². The highest BCUT2D eigenvalue weighted by Gasteiger charge is 2.47. The third-order valence-electron chi connectivity index (χ3n) is 5.61. The van der Waals surface area contributed by atoms with Crippen LogP contribution in [0.25, 0.3) is 11.0 Å². The van der Waals surface area contributed by atoms with Gasteiger partial charge in [-0.25, -0.2) is 18.1 Å². The number of nitriles is 1. The third kappa shape index (κ3) is 5.17. The number of nitrogens with one attached hydrogen (secondary N) is 1. The molecule has 5 N–H and O–H groups in total. The number of sulfone groups is 1. The van der Waals surface area contributed by atoms with E-state index in [0.29, 0.717) is 11.2 Å². The smallest absolute Gasteiger partial charge is 0.340 e. The molecule has 2 aromatic heterocycles. The van der Waals surface area contributed by atoms with Crippen LogP contribution in [0.2, 0.25) is 0 Å². The van der Waals surface area contributed by atoms with Crippen molar-refractivity contribution in [3.05, 3.63) is 12.0 Å². The van der Waals surface area contributed by atoms with Crippen LogP contribution in [0.15, 0.2) is 6.20 Å². The maximum Gasteiger partial charge on any atom is 0.340 e. The van der Waals surface area contributed by atoms with Gasteiger partial charge < -0.3 is 30.1 Å². The van der Waals surface area contributed by atoms with Crippen molar-refractivity contribution in [1.82, 2.24) is 19.7 Å². The first-order chi connectivity index (χ1) is 15.5. The summed E-state index contributed by atoms with van der Waals surface area (Å²) in [6.45, 7) is 0. The lowest BCUT2D eigenvalue weighted by Gasteiger charge is -2.17. The van der Waals surface area contributed by atoms with Crippen LogP contribution in [0, 0.1) is 11.3 Å². The van der Waals surface area contributed by atoms with E-state index >= 15 is 0 Å². The van der Waals surface area contributed by atoms with Crippen LogP contribution in [0.1, 0.15) is 37.7 Å². The lowest BCUT2D eigenvalue weighted by Crippen LogP contribution is -2.36. The quantitative estimate of drug-likeness (QED) is 0.294. The summed E-state index contributed by atoms with van der Waals surface area (Å²) in [6, 6.07) is 2.04. The van der Waals surface area contributed by atoms with Crippen LogP contribution >= 0.6 is 7.60 Å². The van der Waals surface area contributed by atoms with Crippen molar-refractivity contribution in [2.75, 3.05) is 16.6 Å². The van der Waals surface area contributed by atoms with Crippen LogP contribution in [0.5, 0.6) is 0 Å². The van der Waals surface area contributed by atoms with Gasteiger partial charge in [0.05, 0.1) is 17.3 Å². The van der Waals surface area contributed by atoms with Crippen molar-refractivity contribution in [3.8, 4) is 6.07 Å². The molecular formula is C17H23N6O8PS. The molecule has 0 unspecified atom stereocenters. The number of aromatic nitrogens is 4. The van der Waals surface area contributed by atoms with Gasteiger partial charge >= 0.3 is 7.60 Å². The largest absolute Gasteiger partial charge is 0.387 e. The summed E-state index contributed by atoms with van der Waals surface area (Å²) in [5.41, 5.74) is -1.27. The first-order valence-corrected chi connectivity index (χ1v) is 13.8. The summed E-state index contributed by atoms with van der Waals surface area (Å²) < 4.78 is 41.9. The second-order valence-corrected chi connectivity index (χ2v) is 12.4. The topological polar surface area (TPSA) is 221 Å². The number of ether oxygens (including phenoxy) is 1. The summed E-state index contributed by atoms with van der Waals surface area (Å²) >= 11 is 0. The number of fused-ring (bicyclic) bond motifs is 1. The summed E-state index contributed by atoms with van der Waals surface area (Å²) in [6.07, 6.45) is -0.655. The Morgan fingerprint density at radius 2 is 1.94 bits per heavy atom. The zero-order chi connectivity index (χ0) is 24.0. The van der Waals surface area contributed by atoms with Crippen LogP contribution in [-0.2, 0) is 19.1 Å². The molecule has 3 heterocycles. The van der Waals surface area contributed by atoms with Crippen molar-refractivity contribution in [1.29, 1.82) is 5.26 Å². The second-order valence-electron chi connectivity index (χ2n) is 8.21. The van der Waals surface area contributed by atoms with Gasteiger partial charge in [-0.1, -0.05) is 12.8 Å². The molecule has 0 spiro atoms. The fraction of sp³-hybridized carbons (Fsp3) is 0.647. The molecule has 1 aliphatic carbocycles. The molecular weight excluding hydrogens is 479 g/mol. The molecule has 2 aromatic rings. The minimum absolute atomic E-state index is 0.136. The van der Waals surface area contributed by atoms with Gasteiger partial charge in [0.15, 0.2) is 27.2 Å². The van der Waals surface area contributed by atoms with E-state index in [0.717, 1.165) is 30.4 Å². The molecule has 14 nitrogen and oxygen atoms in total. The van der Waals surface area contributed by atoms with Gasteiger partial charge in [0, 0.05) is 6.04 Å². The van der Waals surface area contributed by atoms with E-state index in [1.54, 1.807) is 0 Å². The van der Waals surface area contributed by atoms with Gasteiger partial charge in [0.2, 0.25) is 5.82 Å². The van der Waals surface area contributed by atoms with Gasteiger partial charge in [0.1, 0.15) is 30.2 Å². The van der Waals surface area contributed by atoms with Gasteiger partial charge in [-0.15, -0.1) is 0 Å². The Labute approximate surface area is 188 Å². The van der Waals surface area contributed by atoms with E-state index in [4.69, 9.17) is 14.5 Å². The third-order valence-corrected chi connectivity index (χ3v) is 9.37. The van der Waals surface area contributed by atoms with Crippen LogP contribution in [0.3, 0.4) is 0 Å². The summed E-state index contributed by atoms with van der Waals surface area (Å²) in [5, 5.41) is 38.1. The van der Waals surface area contributed by atoms with Crippen molar-refractivity contribution >= 4 is 34.3 Å². The minimum Gasteiger partial charge on any atom is -0.387 e. The lowest BCUT2D eigenvalue weighted by atomic mass is 10.1. The highest BCUT2D eigenvalue weighted by atomic mass is 32.2. The molecule has 33 heavy (non-hydrogen) atoms. The van der Waals surface area contributed by atoms with Crippen LogP contribution in [-0.4, -0.2) is 83.8 Å². The molecule has 0 bridgehead atoms. The van der Waals surface area contributed by atoms with Gasteiger partial charge in [-0.3, -0.25) is 4.57 Å². The first-order valence-electron chi connectivity index (χ1n) is 10.2. The molecule has 16 heteroatoms. The van der Waals surface area contributed by atoms with Gasteiger partial charge in [0.25, 0.3) is 0 Å². The summed E-state index contributed by atoms with van der Waals surface area (Å²) in [5.74, 6) is -0.680. The van der Waals surface area contributed by atoms with E-state index in [9.17, 15) is 28.5 Å². The Balaban J connectivity index is 1.63. The van der Waals surface area contributed by atoms with E-state index in [1.807, 2.05) is 6.07 Å². The predicted molar refractivity (Wildman–Crippen MR) is 113 cm³/mol. The molecule has 4 rings (SSSR count). The van der Waals surface area contributed by atoms with E-state index in [-0.39, 0.29) is 17.5 Å². The molecule has 2 fully saturated rings. The number of anilines is 1. The van der Waals surface area contributed by atoms with Crippen molar-refractivity contribution < 1.29 is 37.7 Å².